The highest BCUT2D eigenvalue weighted by atomic mass is 35.5. The predicted molar refractivity (Wildman–Crippen MR) is 111 cm³/mol. The van der Waals surface area contributed by atoms with E-state index in [1.165, 1.54) is 11.8 Å². The lowest BCUT2D eigenvalue weighted by atomic mass is 10.3. The van der Waals surface area contributed by atoms with Crippen molar-refractivity contribution < 1.29 is 14.3 Å². The molecule has 2 aromatic rings. The second-order valence-electron chi connectivity index (χ2n) is 6.89. The van der Waals surface area contributed by atoms with Crippen LogP contribution in [0.15, 0.2) is 29.4 Å². The molecule has 156 valence electrons. The van der Waals surface area contributed by atoms with Crippen molar-refractivity contribution in [1.29, 1.82) is 0 Å². The number of likely N-dealkylation sites (N-methyl/N-ethyl adjacent to an activating group) is 1. The lowest BCUT2D eigenvalue weighted by Crippen LogP contribution is -2.32. The van der Waals surface area contributed by atoms with Gasteiger partial charge in [0.2, 0.25) is 11.8 Å². The highest BCUT2D eigenvalue weighted by molar-refractivity contribution is 7.99. The van der Waals surface area contributed by atoms with Gasteiger partial charge in [0.1, 0.15) is 18.2 Å². The predicted octanol–water partition coefficient (Wildman–Crippen LogP) is 2.31. The van der Waals surface area contributed by atoms with E-state index in [0.717, 1.165) is 18.7 Å². The zero-order valence-corrected chi connectivity index (χ0v) is 17.8. The Morgan fingerprint density at radius 2 is 2.03 bits per heavy atom. The number of ether oxygens (including phenoxy) is 1. The van der Waals surface area contributed by atoms with Crippen molar-refractivity contribution >= 4 is 35.2 Å². The van der Waals surface area contributed by atoms with Crippen LogP contribution in [0.1, 0.15) is 31.0 Å². The van der Waals surface area contributed by atoms with Crippen molar-refractivity contribution in [3.8, 4) is 5.75 Å². The zero-order chi connectivity index (χ0) is 20.8. The van der Waals surface area contributed by atoms with Gasteiger partial charge in [0, 0.05) is 31.0 Å². The average Bonchev–Trinajstić information content (AvgIpc) is 3.46. The van der Waals surface area contributed by atoms with Gasteiger partial charge in [-0.3, -0.25) is 9.59 Å². The lowest BCUT2D eigenvalue weighted by molar-refractivity contribution is -0.127. The second-order valence-corrected chi connectivity index (χ2v) is 8.27. The molecule has 2 N–H and O–H groups in total. The van der Waals surface area contributed by atoms with Crippen LogP contribution >= 0.6 is 23.4 Å². The standard InChI is InChI=1S/C19H24ClN5O3S/c1-24(10-11-28-15-6-4-14(20)5-7-15)17(27)12-29-19-23-22-18(13-2-3-13)25(19)9-8-16(21)26/h4-7,13H,2-3,8-12H2,1H3,(H2,21,26). The Morgan fingerprint density at radius 3 is 2.69 bits per heavy atom. The summed E-state index contributed by atoms with van der Waals surface area (Å²) in [4.78, 5) is 25.2. The molecule has 1 aromatic heterocycles. The third-order valence-electron chi connectivity index (χ3n) is 4.53. The summed E-state index contributed by atoms with van der Waals surface area (Å²) in [7, 11) is 1.74. The van der Waals surface area contributed by atoms with Gasteiger partial charge in [0.05, 0.1) is 12.3 Å². The Bertz CT molecular complexity index is 854. The van der Waals surface area contributed by atoms with Crippen molar-refractivity contribution in [2.45, 2.75) is 36.9 Å². The summed E-state index contributed by atoms with van der Waals surface area (Å²) in [6.07, 6.45) is 2.38. The largest absolute Gasteiger partial charge is 0.492 e. The Labute approximate surface area is 178 Å². The van der Waals surface area contributed by atoms with Crippen molar-refractivity contribution in [2.75, 3.05) is 26.0 Å². The average molecular weight is 438 g/mol. The number of nitrogens with two attached hydrogens (primary N) is 1. The van der Waals surface area contributed by atoms with Crippen LogP contribution in [0.25, 0.3) is 0 Å². The first-order valence-electron chi connectivity index (χ1n) is 9.40. The summed E-state index contributed by atoms with van der Waals surface area (Å²) >= 11 is 7.17. The van der Waals surface area contributed by atoms with Crippen LogP contribution in [-0.2, 0) is 16.1 Å². The third kappa shape index (κ3) is 6.37. The van der Waals surface area contributed by atoms with E-state index in [2.05, 4.69) is 10.2 Å². The molecule has 8 nitrogen and oxygen atoms in total. The van der Waals surface area contributed by atoms with Gasteiger partial charge in [0.25, 0.3) is 0 Å². The van der Waals surface area contributed by atoms with Gasteiger partial charge in [-0.15, -0.1) is 10.2 Å². The smallest absolute Gasteiger partial charge is 0.232 e. The van der Waals surface area contributed by atoms with Gasteiger partial charge in [-0.2, -0.15) is 0 Å². The van der Waals surface area contributed by atoms with Gasteiger partial charge in [-0.05, 0) is 37.1 Å². The van der Waals surface area contributed by atoms with Crippen molar-refractivity contribution in [3.05, 3.63) is 35.1 Å². The Morgan fingerprint density at radius 1 is 1.31 bits per heavy atom. The number of amides is 2. The minimum atomic E-state index is -0.368. The van der Waals surface area contributed by atoms with E-state index >= 15 is 0 Å². The molecule has 10 heteroatoms. The summed E-state index contributed by atoms with van der Waals surface area (Å²) in [6, 6.07) is 7.09. The molecule has 1 aromatic carbocycles. The molecule has 0 radical (unpaired) electrons. The highest BCUT2D eigenvalue weighted by Gasteiger charge is 2.30. The fourth-order valence-corrected chi connectivity index (χ4v) is 3.71. The maximum atomic E-state index is 12.4. The van der Waals surface area contributed by atoms with Gasteiger partial charge < -0.3 is 19.9 Å². The second kappa shape index (κ2) is 9.98. The summed E-state index contributed by atoms with van der Waals surface area (Å²) in [6.45, 7) is 1.29. The van der Waals surface area contributed by atoms with E-state index < -0.39 is 0 Å². The van der Waals surface area contributed by atoms with Crippen LogP contribution in [-0.4, -0.2) is 57.4 Å². The number of hydrogen-bond donors (Lipinski definition) is 1. The highest BCUT2D eigenvalue weighted by Crippen LogP contribution is 2.40. The number of benzene rings is 1. The zero-order valence-electron chi connectivity index (χ0n) is 16.2. The first kappa shape index (κ1) is 21.4. The normalized spacial score (nSPS) is 13.3. The third-order valence-corrected chi connectivity index (χ3v) is 5.73. The molecule has 0 spiro atoms. The SMILES string of the molecule is CN(CCOc1ccc(Cl)cc1)C(=O)CSc1nnc(C2CC2)n1CCC(N)=O. The fourth-order valence-electron chi connectivity index (χ4n) is 2.67. The molecule has 29 heavy (non-hydrogen) atoms. The molecule has 1 aliphatic carbocycles. The molecule has 0 saturated heterocycles. The molecule has 0 unspecified atom stereocenters. The number of carbonyl (C=O) groups excluding carboxylic acids is 2. The number of aromatic nitrogens is 3. The number of hydrogen-bond acceptors (Lipinski definition) is 6. The maximum Gasteiger partial charge on any atom is 0.232 e. The molecular formula is C19H24ClN5O3S. The van der Waals surface area contributed by atoms with E-state index in [9.17, 15) is 9.59 Å². The number of halogens is 1. The van der Waals surface area contributed by atoms with E-state index in [1.807, 2.05) is 4.57 Å². The van der Waals surface area contributed by atoms with E-state index in [1.54, 1.807) is 36.2 Å². The quantitative estimate of drug-likeness (QED) is 0.541. The van der Waals surface area contributed by atoms with Crippen LogP contribution < -0.4 is 10.5 Å². The lowest BCUT2D eigenvalue weighted by Gasteiger charge is -2.17. The summed E-state index contributed by atoms with van der Waals surface area (Å²) < 4.78 is 7.55. The van der Waals surface area contributed by atoms with Gasteiger partial charge >= 0.3 is 0 Å². The topological polar surface area (TPSA) is 103 Å². The molecule has 3 rings (SSSR count). The van der Waals surface area contributed by atoms with Gasteiger partial charge in [-0.1, -0.05) is 23.4 Å². The molecule has 0 atom stereocenters. The number of rotatable bonds is 11. The Kier molecular flexibility index (Phi) is 7.38. The van der Waals surface area contributed by atoms with Crippen LogP contribution in [0, 0.1) is 0 Å². The molecule has 1 saturated carbocycles. The molecule has 1 fully saturated rings. The first-order valence-corrected chi connectivity index (χ1v) is 10.8. The Balaban J connectivity index is 1.47. The van der Waals surface area contributed by atoms with Gasteiger partial charge in [0.15, 0.2) is 5.16 Å². The van der Waals surface area contributed by atoms with Crippen LogP contribution in [0.3, 0.4) is 0 Å². The van der Waals surface area contributed by atoms with E-state index in [-0.39, 0.29) is 24.0 Å². The van der Waals surface area contributed by atoms with Gasteiger partial charge in [-0.25, -0.2) is 0 Å². The minimum Gasteiger partial charge on any atom is -0.492 e. The number of carbonyl (C=O) groups is 2. The summed E-state index contributed by atoms with van der Waals surface area (Å²) in [5.74, 6) is 1.82. The van der Waals surface area contributed by atoms with Crippen LogP contribution in [0.5, 0.6) is 5.75 Å². The minimum absolute atomic E-state index is 0.0351. The number of primary amides is 1. The summed E-state index contributed by atoms with van der Waals surface area (Å²) in [5, 5.41) is 9.76. The molecular weight excluding hydrogens is 414 g/mol. The van der Waals surface area contributed by atoms with Crippen molar-refractivity contribution in [2.24, 2.45) is 5.73 Å². The first-order chi connectivity index (χ1) is 13.9. The number of nitrogens with zero attached hydrogens (tertiary/aromatic N) is 4. The van der Waals surface area contributed by atoms with Crippen molar-refractivity contribution in [1.82, 2.24) is 19.7 Å². The molecule has 1 heterocycles. The molecule has 2 amide bonds. The molecule has 1 aliphatic rings. The monoisotopic (exact) mass is 437 g/mol. The van der Waals surface area contributed by atoms with Crippen LogP contribution in [0.4, 0.5) is 0 Å². The number of thioether (sulfide) groups is 1. The van der Waals surface area contributed by atoms with E-state index in [0.29, 0.717) is 41.5 Å². The van der Waals surface area contributed by atoms with E-state index in [4.69, 9.17) is 22.1 Å². The summed E-state index contributed by atoms with van der Waals surface area (Å²) in [5.41, 5.74) is 5.28. The molecule has 0 aliphatic heterocycles. The Hall–Kier alpha value is -2.26. The van der Waals surface area contributed by atoms with Crippen LogP contribution in [0.2, 0.25) is 5.02 Å². The van der Waals surface area contributed by atoms with Crippen molar-refractivity contribution in [3.63, 3.8) is 0 Å². The fraction of sp³-hybridized carbons (Fsp3) is 0.474. The molecule has 0 bridgehead atoms. The maximum absolute atomic E-state index is 12.4.